The minimum atomic E-state index is -0.259. The molecule has 0 aliphatic heterocycles. The first-order valence-electron chi connectivity index (χ1n) is 6.87. The van der Waals surface area contributed by atoms with Gasteiger partial charge in [0, 0.05) is 10.9 Å². The topological polar surface area (TPSA) is 58.6 Å². The summed E-state index contributed by atoms with van der Waals surface area (Å²) >= 11 is 1.62. The molecule has 1 saturated carbocycles. The minimum absolute atomic E-state index is 0.0467. The smallest absolute Gasteiger partial charge is 0.320 e. The molecule has 1 N–H and O–H groups in total. The van der Waals surface area contributed by atoms with Gasteiger partial charge in [-0.15, -0.1) is 11.3 Å². The molecule has 1 aliphatic rings. The fourth-order valence-electron chi connectivity index (χ4n) is 1.97. The Morgan fingerprint density at radius 1 is 1.45 bits per heavy atom. The van der Waals surface area contributed by atoms with Crippen molar-refractivity contribution in [1.82, 2.24) is 10.2 Å². The Morgan fingerprint density at radius 2 is 2.25 bits per heavy atom. The van der Waals surface area contributed by atoms with Gasteiger partial charge in [0.15, 0.2) is 0 Å². The van der Waals surface area contributed by atoms with Crippen molar-refractivity contribution in [2.45, 2.75) is 32.4 Å². The van der Waals surface area contributed by atoms with Crippen LogP contribution in [0.5, 0.6) is 0 Å². The number of carbonyl (C=O) groups is 2. The van der Waals surface area contributed by atoms with E-state index in [1.165, 1.54) is 0 Å². The lowest BCUT2D eigenvalue weighted by Crippen LogP contribution is -2.41. The lowest BCUT2D eigenvalue weighted by Gasteiger charge is -2.20. The number of amides is 1. The summed E-state index contributed by atoms with van der Waals surface area (Å²) in [5.41, 5.74) is 0. The summed E-state index contributed by atoms with van der Waals surface area (Å²) in [5.74, 6) is -0.306. The molecule has 0 atom stereocenters. The van der Waals surface area contributed by atoms with Gasteiger partial charge in [-0.2, -0.15) is 0 Å². The monoisotopic (exact) mass is 296 g/mol. The quantitative estimate of drug-likeness (QED) is 0.737. The standard InChI is InChI=1S/C14H20N2O3S/c1-2-19-14(18)10-16(11-5-6-11)9-13(17)15-8-12-4-3-7-20-12/h3-4,7,11H,2,5-6,8-10H2,1H3,(H,15,17). The van der Waals surface area contributed by atoms with E-state index >= 15 is 0 Å². The third-order valence-electron chi connectivity index (χ3n) is 3.09. The van der Waals surface area contributed by atoms with Gasteiger partial charge in [0.2, 0.25) is 5.91 Å². The van der Waals surface area contributed by atoms with E-state index in [4.69, 9.17) is 4.74 Å². The second-order valence-corrected chi connectivity index (χ2v) is 5.83. The summed E-state index contributed by atoms with van der Waals surface area (Å²) in [5, 5.41) is 4.87. The van der Waals surface area contributed by atoms with Crippen LogP contribution in [0.1, 0.15) is 24.6 Å². The van der Waals surface area contributed by atoms with Gasteiger partial charge in [-0.3, -0.25) is 14.5 Å². The summed E-state index contributed by atoms with van der Waals surface area (Å²) in [6, 6.07) is 4.30. The van der Waals surface area contributed by atoms with E-state index in [1.54, 1.807) is 18.3 Å². The molecule has 1 aliphatic carbocycles. The Labute approximate surface area is 122 Å². The molecule has 1 fully saturated rings. The molecule has 1 heterocycles. The first-order valence-corrected chi connectivity index (χ1v) is 7.75. The molecule has 1 aromatic heterocycles. The molecule has 0 spiro atoms. The van der Waals surface area contributed by atoms with E-state index in [-0.39, 0.29) is 25.0 Å². The molecule has 6 heteroatoms. The maximum absolute atomic E-state index is 11.9. The van der Waals surface area contributed by atoms with E-state index in [0.29, 0.717) is 19.2 Å². The average Bonchev–Trinajstić information content (AvgIpc) is 3.13. The molecule has 20 heavy (non-hydrogen) atoms. The second-order valence-electron chi connectivity index (χ2n) is 4.80. The Kier molecular flexibility index (Phi) is 5.55. The van der Waals surface area contributed by atoms with Crippen LogP contribution in [-0.2, 0) is 20.9 Å². The van der Waals surface area contributed by atoms with Crippen LogP contribution >= 0.6 is 11.3 Å². The highest BCUT2D eigenvalue weighted by Crippen LogP contribution is 2.26. The Hall–Kier alpha value is -1.40. The lowest BCUT2D eigenvalue weighted by molar-refractivity contribution is -0.144. The van der Waals surface area contributed by atoms with Gasteiger partial charge in [0.05, 0.1) is 26.2 Å². The van der Waals surface area contributed by atoms with Gasteiger partial charge in [-0.25, -0.2) is 0 Å². The Bertz CT molecular complexity index is 443. The van der Waals surface area contributed by atoms with E-state index in [2.05, 4.69) is 5.32 Å². The van der Waals surface area contributed by atoms with Gasteiger partial charge in [-0.1, -0.05) is 6.07 Å². The largest absolute Gasteiger partial charge is 0.465 e. The van der Waals surface area contributed by atoms with Gasteiger partial charge in [0.1, 0.15) is 0 Å². The number of nitrogens with one attached hydrogen (secondary N) is 1. The highest BCUT2D eigenvalue weighted by molar-refractivity contribution is 7.09. The van der Waals surface area contributed by atoms with Crippen LogP contribution in [0.4, 0.5) is 0 Å². The van der Waals surface area contributed by atoms with Gasteiger partial charge in [0.25, 0.3) is 0 Å². The SMILES string of the molecule is CCOC(=O)CN(CC(=O)NCc1cccs1)C1CC1. The fourth-order valence-corrected chi connectivity index (χ4v) is 2.61. The third kappa shape index (κ3) is 4.94. The number of carbonyl (C=O) groups excluding carboxylic acids is 2. The zero-order valence-electron chi connectivity index (χ0n) is 11.6. The van der Waals surface area contributed by atoms with Crippen molar-refractivity contribution in [2.24, 2.45) is 0 Å². The lowest BCUT2D eigenvalue weighted by atomic mass is 10.4. The fraction of sp³-hybridized carbons (Fsp3) is 0.571. The van der Waals surface area contributed by atoms with Crippen molar-refractivity contribution >= 4 is 23.2 Å². The Balaban J connectivity index is 1.75. The van der Waals surface area contributed by atoms with Crippen molar-refractivity contribution in [2.75, 3.05) is 19.7 Å². The van der Waals surface area contributed by atoms with Crippen molar-refractivity contribution in [1.29, 1.82) is 0 Å². The molecule has 2 rings (SSSR count). The predicted octanol–water partition coefficient (Wildman–Crippen LogP) is 1.39. The van der Waals surface area contributed by atoms with E-state index < -0.39 is 0 Å². The van der Waals surface area contributed by atoms with Gasteiger partial charge >= 0.3 is 5.97 Å². The third-order valence-corrected chi connectivity index (χ3v) is 3.96. The van der Waals surface area contributed by atoms with Crippen molar-refractivity contribution in [3.8, 4) is 0 Å². The Morgan fingerprint density at radius 3 is 2.85 bits per heavy atom. The van der Waals surface area contributed by atoms with E-state index in [1.807, 2.05) is 22.4 Å². The summed E-state index contributed by atoms with van der Waals surface area (Å²) in [4.78, 5) is 26.5. The molecule has 1 amide bonds. The summed E-state index contributed by atoms with van der Waals surface area (Å²) in [7, 11) is 0. The average molecular weight is 296 g/mol. The molecule has 0 unspecified atom stereocenters. The maximum atomic E-state index is 11.9. The highest BCUT2D eigenvalue weighted by atomic mass is 32.1. The number of thiophene rings is 1. The highest BCUT2D eigenvalue weighted by Gasteiger charge is 2.31. The van der Waals surface area contributed by atoms with E-state index in [0.717, 1.165) is 17.7 Å². The van der Waals surface area contributed by atoms with Gasteiger partial charge in [-0.05, 0) is 31.2 Å². The first-order chi connectivity index (χ1) is 9.69. The van der Waals surface area contributed by atoms with Crippen LogP contribution in [0.15, 0.2) is 17.5 Å². The van der Waals surface area contributed by atoms with Crippen molar-refractivity contribution in [3.63, 3.8) is 0 Å². The summed E-state index contributed by atoms with van der Waals surface area (Å²) in [6.45, 7) is 3.17. The molecule has 0 radical (unpaired) electrons. The number of hydrogen-bond acceptors (Lipinski definition) is 5. The minimum Gasteiger partial charge on any atom is -0.465 e. The van der Waals surface area contributed by atoms with E-state index in [9.17, 15) is 9.59 Å². The maximum Gasteiger partial charge on any atom is 0.320 e. The summed E-state index contributed by atoms with van der Waals surface area (Å²) < 4.78 is 4.94. The normalized spacial score (nSPS) is 14.3. The number of hydrogen-bond donors (Lipinski definition) is 1. The number of rotatable bonds is 8. The van der Waals surface area contributed by atoms with Crippen LogP contribution in [0, 0.1) is 0 Å². The van der Waals surface area contributed by atoms with Crippen molar-refractivity contribution in [3.05, 3.63) is 22.4 Å². The number of ether oxygens (including phenoxy) is 1. The molecule has 0 aromatic carbocycles. The van der Waals surface area contributed by atoms with Crippen LogP contribution in [-0.4, -0.2) is 42.5 Å². The predicted molar refractivity (Wildman–Crippen MR) is 77.4 cm³/mol. The number of nitrogens with zero attached hydrogens (tertiary/aromatic N) is 1. The molecule has 5 nitrogen and oxygen atoms in total. The zero-order chi connectivity index (χ0) is 14.4. The van der Waals surface area contributed by atoms with Crippen LogP contribution in [0.2, 0.25) is 0 Å². The zero-order valence-corrected chi connectivity index (χ0v) is 12.4. The van der Waals surface area contributed by atoms with Crippen LogP contribution < -0.4 is 5.32 Å². The first kappa shape index (κ1) is 15.0. The second kappa shape index (κ2) is 7.40. The molecule has 0 saturated heterocycles. The molecular weight excluding hydrogens is 276 g/mol. The molecular formula is C14H20N2O3S. The number of esters is 1. The van der Waals surface area contributed by atoms with Gasteiger partial charge < -0.3 is 10.1 Å². The molecule has 110 valence electrons. The van der Waals surface area contributed by atoms with Crippen LogP contribution in [0.25, 0.3) is 0 Å². The summed E-state index contributed by atoms with van der Waals surface area (Å²) in [6.07, 6.45) is 2.11. The molecule has 0 bridgehead atoms. The van der Waals surface area contributed by atoms with Crippen molar-refractivity contribution < 1.29 is 14.3 Å². The molecule has 1 aromatic rings. The van der Waals surface area contributed by atoms with Crippen LogP contribution in [0.3, 0.4) is 0 Å².